The van der Waals surface area contributed by atoms with Gasteiger partial charge in [-0.15, -0.1) is 0 Å². The van der Waals surface area contributed by atoms with Crippen molar-refractivity contribution in [1.82, 2.24) is 0 Å². The van der Waals surface area contributed by atoms with Gasteiger partial charge in [0.15, 0.2) is 0 Å². The third-order valence-electron chi connectivity index (χ3n) is 2.32. The van der Waals surface area contributed by atoms with Crippen LogP contribution in [0.25, 0.3) is 0 Å². The van der Waals surface area contributed by atoms with E-state index < -0.39 is 33.5 Å². The first-order valence-corrected chi connectivity index (χ1v) is 8.35. The second kappa shape index (κ2) is 12.4. The number of aldehydes is 1. The van der Waals surface area contributed by atoms with Crippen LogP contribution in [0.1, 0.15) is 32.1 Å². The van der Waals surface area contributed by atoms with Crippen molar-refractivity contribution < 1.29 is 98.1 Å². The second-order valence-electron chi connectivity index (χ2n) is 3.78. The minimum Gasteiger partial charge on any atom is -0.687 e. The molecule has 0 aliphatic heterocycles. The van der Waals surface area contributed by atoms with Gasteiger partial charge < -0.3 is 24.4 Å². The van der Waals surface area contributed by atoms with Crippen LogP contribution in [0.15, 0.2) is 0 Å². The molecule has 0 aromatic heterocycles. The maximum absolute atomic E-state index is 10.8. The zero-order chi connectivity index (χ0) is 14.4. The summed E-state index contributed by atoms with van der Waals surface area (Å²) in [5.74, 6) is 0. The summed E-state index contributed by atoms with van der Waals surface area (Å²) in [5, 5.41) is 0. The summed E-state index contributed by atoms with van der Waals surface area (Å²) in [6.45, 7) is 0. The summed E-state index contributed by atoms with van der Waals surface area (Å²) >= 11 is 0. The molecular formula is C8H14Na2O8P2. The second-order valence-corrected chi connectivity index (χ2v) is 7.18. The molecule has 20 heavy (non-hydrogen) atoms. The molecule has 12 heteroatoms. The van der Waals surface area contributed by atoms with E-state index in [9.17, 15) is 29.2 Å². The zero-order valence-electron chi connectivity index (χ0n) is 11.4. The topological polar surface area (TPSA) is 167 Å². The average Bonchev–Trinajstić information content (AvgIpc) is 2.19. The van der Waals surface area contributed by atoms with Crippen molar-refractivity contribution in [3.8, 4) is 0 Å². The van der Waals surface area contributed by atoms with Gasteiger partial charge in [-0.2, -0.15) is 7.94 Å². The minimum atomic E-state index is -4.86. The van der Waals surface area contributed by atoms with Crippen LogP contribution in [0.3, 0.4) is 0 Å². The molecule has 0 rings (SSSR count). The third kappa shape index (κ3) is 12.5. The number of unbranched alkanes of at least 4 members (excludes halogenated alkanes) is 1. The molecule has 0 aromatic carbocycles. The number of carbonyl (C=O) groups is 2. The van der Waals surface area contributed by atoms with Crippen LogP contribution in [0.2, 0.25) is 0 Å². The Hall–Kier alpha value is 1.96. The van der Waals surface area contributed by atoms with Crippen LogP contribution < -0.4 is 78.7 Å². The molecule has 0 aliphatic carbocycles. The Balaban J connectivity index is -0.00000144. The first kappa shape index (κ1) is 26.8. The fraction of sp³-hybridized carbons (Fsp3) is 0.750. The van der Waals surface area contributed by atoms with Crippen molar-refractivity contribution in [2.75, 3.05) is 0 Å². The van der Waals surface area contributed by atoms with Gasteiger partial charge in [0.25, 0.3) is 7.94 Å². The van der Waals surface area contributed by atoms with Crippen molar-refractivity contribution in [3.05, 3.63) is 0 Å². The molecule has 0 bridgehead atoms. The first-order chi connectivity index (χ1) is 8.09. The zero-order valence-corrected chi connectivity index (χ0v) is 17.2. The van der Waals surface area contributed by atoms with Gasteiger partial charge in [-0.1, -0.05) is 0 Å². The summed E-state index contributed by atoms with van der Waals surface area (Å²) in [4.78, 5) is 80.6. The molecular weight excluding hydrogens is 332 g/mol. The largest absolute Gasteiger partial charge is 1.00 e. The Morgan fingerprint density at radius 1 is 1.10 bits per heavy atom. The van der Waals surface area contributed by atoms with E-state index in [4.69, 9.17) is 9.79 Å². The standard InChI is InChI=1S/C8H16O8P2.2Na/c9-6-5-7(17(11,12)13)3-1-2-4-8(10)18(14,15)16;;/h6-7H,1-5H2,(H2,11,12,13)(H2,14,15,16);;/q;2*+1/p-2. The van der Waals surface area contributed by atoms with Gasteiger partial charge in [-0.25, -0.2) is 14.6 Å². The molecule has 8 nitrogen and oxygen atoms in total. The summed E-state index contributed by atoms with van der Waals surface area (Å²) in [6.07, 6.45) is -0.389. The van der Waals surface area contributed by atoms with Crippen LogP contribution in [0, 0.1) is 0 Å². The molecule has 106 valence electrons. The molecule has 0 aromatic rings. The Kier molecular flexibility index (Phi) is 16.6. The predicted octanol–water partition coefficient (Wildman–Crippen LogP) is -9.01. The Morgan fingerprint density at radius 3 is 1.95 bits per heavy atom. The van der Waals surface area contributed by atoms with E-state index in [0.717, 1.165) is 0 Å². The van der Waals surface area contributed by atoms with E-state index in [1.807, 2.05) is 0 Å². The Morgan fingerprint density at radius 2 is 1.60 bits per heavy atom. The van der Waals surface area contributed by atoms with Gasteiger partial charge in [-0.05, 0) is 19.3 Å². The molecule has 0 saturated heterocycles. The van der Waals surface area contributed by atoms with Gasteiger partial charge in [0.05, 0.1) is 5.66 Å². The fourth-order valence-corrected chi connectivity index (χ4v) is 2.61. The van der Waals surface area contributed by atoms with E-state index >= 15 is 0 Å². The van der Waals surface area contributed by atoms with Crippen LogP contribution in [-0.2, 0) is 9.59 Å². The van der Waals surface area contributed by atoms with E-state index in [2.05, 4.69) is 0 Å². The maximum Gasteiger partial charge on any atom is 1.00 e. The van der Waals surface area contributed by atoms with E-state index in [-0.39, 0.29) is 84.8 Å². The summed E-state index contributed by atoms with van der Waals surface area (Å²) in [7, 11) is -9.60. The maximum atomic E-state index is 10.8. The molecule has 0 fully saturated rings. The van der Waals surface area contributed by atoms with E-state index in [1.54, 1.807) is 0 Å². The monoisotopic (exact) mass is 346 g/mol. The number of hydrogen-bond acceptors (Lipinski definition) is 8. The van der Waals surface area contributed by atoms with Crippen LogP contribution in [-0.4, -0.2) is 27.3 Å². The van der Waals surface area contributed by atoms with Crippen molar-refractivity contribution in [1.29, 1.82) is 0 Å². The Bertz CT molecular complexity index is 291. The molecule has 1 atom stereocenters. The Labute approximate surface area is 162 Å². The number of carbonyl (C=O) groups excluding carboxylic acids is 2. The van der Waals surface area contributed by atoms with Gasteiger partial charge in [0.1, 0.15) is 6.29 Å². The first-order valence-electron chi connectivity index (χ1n) is 5.13. The number of rotatable bonds is 9. The summed E-state index contributed by atoms with van der Waals surface area (Å²) < 4.78 is 0. The molecule has 0 heterocycles. The van der Waals surface area contributed by atoms with Gasteiger partial charge in [0.2, 0.25) is 0 Å². The van der Waals surface area contributed by atoms with Crippen LogP contribution in [0.4, 0.5) is 0 Å². The molecule has 0 spiro atoms. The minimum absolute atomic E-state index is 0. The van der Waals surface area contributed by atoms with Crippen molar-refractivity contribution in [3.63, 3.8) is 0 Å². The fourth-order valence-electron chi connectivity index (χ4n) is 1.32. The smallest absolute Gasteiger partial charge is 0.687 e. The summed E-state index contributed by atoms with van der Waals surface area (Å²) in [5.41, 5.74) is -2.54. The van der Waals surface area contributed by atoms with Crippen LogP contribution in [0.5, 0.6) is 0 Å². The summed E-state index contributed by atoms with van der Waals surface area (Å²) in [6, 6.07) is 0. The van der Waals surface area contributed by atoms with Gasteiger partial charge >= 0.3 is 64.6 Å². The SMILES string of the molecule is O=CCC(CCCCC(=O)[P+]([O-])(O)O)[P+]([O-])([O-])[O-].[Na+].[Na+]. The average molecular weight is 346 g/mol. The van der Waals surface area contributed by atoms with Gasteiger partial charge in [0, 0.05) is 12.8 Å². The van der Waals surface area contributed by atoms with Crippen LogP contribution >= 0.6 is 15.9 Å². The third-order valence-corrected chi connectivity index (χ3v) is 4.56. The molecule has 0 saturated carbocycles. The normalized spacial score (nSPS) is 12.9. The van der Waals surface area contributed by atoms with Crippen molar-refractivity contribution in [2.45, 2.75) is 37.8 Å². The van der Waals surface area contributed by atoms with E-state index in [0.29, 0.717) is 6.29 Å². The predicted molar refractivity (Wildman–Crippen MR) is 56.2 cm³/mol. The van der Waals surface area contributed by atoms with E-state index in [1.165, 1.54) is 0 Å². The van der Waals surface area contributed by atoms with Gasteiger partial charge in [-0.3, -0.25) is 0 Å². The number of hydrogen-bond donors (Lipinski definition) is 2. The van der Waals surface area contributed by atoms with Crippen molar-refractivity contribution in [2.24, 2.45) is 0 Å². The molecule has 2 N–H and O–H groups in total. The molecule has 0 amide bonds. The molecule has 1 unspecified atom stereocenters. The van der Waals surface area contributed by atoms with Crippen molar-refractivity contribution >= 4 is 27.7 Å². The molecule has 0 aliphatic rings. The quantitative estimate of drug-likeness (QED) is 0.180. The molecule has 0 radical (unpaired) electrons.